The maximum absolute atomic E-state index is 9.00. The highest BCUT2D eigenvalue weighted by Gasteiger charge is 2.01. The molecule has 0 unspecified atom stereocenters. The summed E-state index contributed by atoms with van der Waals surface area (Å²) in [6.07, 6.45) is 1.39. The fourth-order valence-corrected chi connectivity index (χ4v) is 1.07. The van der Waals surface area contributed by atoms with Crippen LogP contribution in [-0.2, 0) is 13.1 Å². The summed E-state index contributed by atoms with van der Waals surface area (Å²) in [5.41, 5.74) is 0. The SMILES string of the molecule is CCn1cnnc1CNC[C@H](C)O. The number of rotatable bonds is 5. The van der Waals surface area contributed by atoms with Gasteiger partial charge >= 0.3 is 0 Å². The zero-order chi connectivity index (χ0) is 9.68. The van der Waals surface area contributed by atoms with E-state index in [1.807, 2.05) is 11.5 Å². The Morgan fingerprint density at radius 2 is 2.46 bits per heavy atom. The summed E-state index contributed by atoms with van der Waals surface area (Å²) in [6.45, 7) is 5.90. The zero-order valence-electron chi connectivity index (χ0n) is 8.06. The molecule has 0 saturated heterocycles. The van der Waals surface area contributed by atoms with E-state index in [1.165, 1.54) is 0 Å². The zero-order valence-corrected chi connectivity index (χ0v) is 8.06. The van der Waals surface area contributed by atoms with E-state index in [9.17, 15) is 0 Å². The highest BCUT2D eigenvalue weighted by molar-refractivity contribution is 4.84. The van der Waals surface area contributed by atoms with Gasteiger partial charge in [-0.3, -0.25) is 0 Å². The number of nitrogens with one attached hydrogen (secondary N) is 1. The van der Waals surface area contributed by atoms with Crippen LogP contribution in [0.3, 0.4) is 0 Å². The average Bonchev–Trinajstić information content (AvgIpc) is 2.51. The number of hydrogen-bond acceptors (Lipinski definition) is 4. The molecule has 5 nitrogen and oxygen atoms in total. The Morgan fingerprint density at radius 3 is 3.08 bits per heavy atom. The standard InChI is InChI=1S/C8H16N4O/c1-3-12-6-10-11-8(12)5-9-4-7(2)13/h6-7,9,13H,3-5H2,1-2H3/t7-/m0/s1. The Balaban J connectivity index is 2.36. The van der Waals surface area contributed by atoms with Crippen molar-refractivity contribution in [1.82, 2.24) is 20.1 Å². The number of aliphatic hydroxyl groups excluding tert-OH is 1. The first kappa shape index (κ1) is 10.1. The maximum atomic E-state index is 9.00. The Kier molecular flexibility index (Phi) is 3.85. The minimum atomic E-state index is -0.321. The topological polar surface area (TPSA) is 63.0 Å². The van der Waals surface area contributed by atoms with Crippen molar-refractivity contribution in [1.29, 1.82) is 0 Å². The van der Waals surface area contributed by atoms with E-state index in [0.717, 1.165) is 12.4 Å². The van der Waals surface area contributed by atoms with Gasteiger partial charge in [0.1, 0.15) is 12.2 Å². The third-order valence-corrected chi connectivity index (χ3v) is 1.76. The van der Waals surface area contributed by atoms with Crippen LogP contribution in [0.2, 0.25) is 0 Å². The molecule has 0 spiro atoms. The first-order valence-electron chi connectivity index (χ1n) is 4.49. The van der Waals surface area contributed by atoms with Crippen LogP contribution in [0.15, 0.2) is 6.33 Å². The van der Waals surface area contributed by atoms with Crippen LogP contribution in [0.4, 0.5) is 0 Å². The third-order valence-electron chi connectivity index (χ3n) is 1.76. The maximum Gasteiger partial charge on any atom is 0.146 e. The molecule has 2 N–H and O–H groups in total. The second kappa shape index (κ2) is 4.94. The van der Waals surface area contributed by atoms with Crippen molar-refractivity contribution in [2.24, 2.45) is 0 Å². The Morgan fingerprint density at radius 1 is 1.69 bits per heavy atom. The first-order chi connectivity index (χ1) is 6.24. The van der Waals surface area contributed by atoms with Gasteiger partial charge in [-0.2, -0.15) is 0 Å². The van der Waals surface area contributed by atoms with Crippen LogP contribution in [0.5, 0.6) is 0 Å². The number of nitrogens with zero attached hydrogens (tertiary/aromatic N) is 3. The molecule has 0 aromatic carbocycles. The van der Waals surface area contributed by atoms with Gasteiger partial charge in [-0.1, -0.05) is 0 Å². The quantitative estimate of drug-likeness (QED) is 0.663. The summed E-state index contributed by atoms with van der Waals surface area (Å²) in [6, 6.07) is 0. The van der Waals surface area contributed by atoms with E-state index in [-0.39, 0.29) is 6.10 Å². The van der Waals surface area contributed by atoms with Crippen LogP contribution in [-0.4, -0.2) is 32.5 Å². The predicted octanol–water partition coefficient (Wildman–Crippen LogP) is -0.232. The fourth-order valence-electron chi connectivity index (χ4n) is 1.07. The van der Waals surface area contributed by atoms with Gasteiger partial charge < -0.3 is 15.0 Å². The summed E-state index contributed by atoms with van der Waals surface area (Å²) in [7, 11) is 0. The summed E-state index contributed by atoms with van der Waals surface area (Å²) in [5, 5.41) is 19.8. The molecule has 0 aliphatic heterocycles. The molecule has 74 valence electrons. The van der Waals surface area contributed by atoms with Crippen LogP contribution < -0.4 is 5.32 Å². The molecule has 1 heterocycles. The van der Waals surface area contributed by atoms with Gasteiger partial charge in [0.15, 0.2) is 0 Å². The van der Waals surface area contributed by atoms with E-state index in [4.69, 9.17) is 5.11 Å². The average molecular weight is 184 g/mol. The van der Waals surface area contributed by atoms with E-state index >= 15 is 0 Å². The molecule has 1 atom stereocenters. The van der Waals surface area contributed by atoms with Crippen molar-refractivity contribution in [2.45, 2.75) is 33.0 Å². The van der Waals surface area contributed by atoms with Crippen LogP contribution in [0.25, 0.3) is 0 Å². The minimum Gasteiger partial charge on any atom is -0.392 e. The van der Waals surface area contributed by atoms with Crippen molar-refractivity contribution < 1.29 is 5.11 Å². The van der Waals surface area contributed by atoms with Gasteiger partial charge in [-0.25, -0.2) is 0 Å². The lowest BCUT2D eigenvalue weighted by atomic mass is 10.4. The molecular formula is C8H16N4O. The highest BCUT2D eigenvalue weighted by atomic mass is 16.3. The largest absolute Gasteiger partial charge is 0.392 e. The molecule has 1 aromatic heterocycles. The van der Waals surface area contributed by atoms with Crippen molar-refractivity contribution in [2.75, 3.05) is 6.54 Å². The van der Waals surface area contributed by atoms with Crippen molar-refractivity contribution in [3.8, 4) is 0 Å². The molecule has 0 fully saturated rings. The molecular weight excluding hydrogens is 168 g/mol. The molecule has 13 heavy (non-hydrogen) atoms. The van der Waals surface area contributed by atoms with Crippen LogP contribution in [0, 0.1) is 0 Å². The summed E-state index contributed by atoms with van der Waals surface area (Å²) >= 11 is 0. The molecule has 1 rings (SSSR count). The summed E-state index contributed by atoms with van der Waals surface area (Å²) < 4.78 is 1.97. The van der Waals surface area contributed by atoms with Gasteiger partial charge in [-0.05, 0) is 13.8 Å². The van der Waals surface area contributed by atoms with E-state index in [2.05, 4.69) is 15.5 Å². The van der Waals surface area contributed by atoms with E-state index in [1.54, 1.807) is 13.3 Å². The third kappa shape index (κ3) is 3.12. The molecule has 0 bridgehead atoms. The predicted molar refractivity (Wildman–Crippen MR) is 49.1 cm³/mol. The Hall–Kier alpha value is -0.940. The molecule has 5 heteroatoms. The number of aliphatic hydroxyl groups is 1. The normalized spacial score (nSPS) is 13.2. The number of aryl methyl sites for hydroxylation is 1. The first-order valence-corrected chi connectivity index (χ1v) is 4.49. The van der Waals surface area contributed by atoms with E-state index < -0.39 is 0 Å². The smallest absolute Gasteiger partial charge is 0.146 e. The minimum absolute atomic E-state index is 0.321. The lowest BCUT2D eigenvalue weighted by Gasteiger charge is -2.06. The molecule has 0 radical (unpaired) electrons. The Labute approximate surface area is 77.8 Å². The van der Waals surface area contributed by atoms with Crippen LogP contribution >= 0.6 is 0 Å². The lowest BCUT2D eigenvalue weighted by Crippen LogP contribution is -2.25. The summed E-state index contributed by atoms with van der Waals surface area (Å²) in [5.74, 6) is 0.906. The fraction of sp³-hybridized carbons (Fsp3) is 0.750. The highest BCUT2D eigenvalue weighted by Crippen LogP contribution is 1.93. The molecule has 0 saturated carbocycles. The molecule has 0 amide bonds. The lowest BCUT2D eigenvalue weighted by molar-refractivity contribution is 0.190. The van der Waals surface area contributed by atoms with Gasteiger partial charge in [0.05, 0.1) is 12.6 Å². The van der Waals surface area contributed by atoms with Gasteiger partial charge in [0.25, 0.3) is 0 Å². The van der Waals surface area contributed by atoms with Gasteiger partial charge in [-0.15, -0.1) is 10.2 Å². The van der Waals surface area contributed by atoms with Crippen molar-refractivity contribution >= 4 is 0 Å². The number of hydrogen-bond donors (Lipinski definition) is 2. The van der Waals surface area contributed by atoms with Crippen molar-refractivity contribution in [3.05, 3.63) is 12.2 Å². The molecule has 0 aliphatic carbocycles. The second-order valence-corrected chi connectivity index (χ2v) is 3.01. The van der Waals surface area contributed by atoms with Gasteiger partial charge in [0, 0.05) is 13.1 Å². The molecule has 0 aliphatic rings. The van der Waals surface area contributed by atoms with Crippen LogP contribution in [0.1, 0.15) is 19.7 Å². The monoisotopic (exact) mass is 184 g/mol. The second-order valence-electron chi connectivity index (χ2n) is 3.01. The number of aromatic nitrogens is 3. The summed E-state index contributed by atoms with van der Waals surface area (Å²) in [4.78, 5) is 0. The van der Waals surface area contributed by atoms with Crippen molar-refractivity contribution in [3.63, 3.8) is 0 Å². The van der Waals surface area contributed by atoms with E-state index in [0.29, 0.717) is 13.1 Å². The molecule has 1 aromatic rings. The Bertz CT molecular complexity index is 246. The van der Waals surface area contributed by atoms with Gasteiger partial charge in [0.2, 0.25) is 0 Å².